The number of hydrogen-bond acceptors (Lipinski definition) is 8. The van der Waals surface area contributed by atoms with Gasteiger partial charge in [-0.15, -0.1) is 0 Å². The topological polar surface area (TPSA) is 138 Å². The Bertz CT molecular complexity index is 1800. The number of nitrogens with zero attached hydrogens (tertiary/aromatic N) is 6. The maximum absolute atomic E-state index is 14.4. The van der Waals surface area contributed by atoms with E-state index >= 15 is 0 Å². The maximum atomic E-state index is 14.4. The third-order valence-corrected chi connectivity index (χ3v) is 7.41. The molecule has 0 radical (unpaired) electrons. The maximum Gasteiger partial charge on any atom is 0.414 e. The minimum absolute atomic E-state index is 0.0652. The molecule has 0 saturated heterocycles. The van der Waals surface area contributed by atoms with Gasteiger partial charge in [-0.3, -0.25) is 4.90 Å². The summed E-state index contributed by atoms with van der Waals surface area (Å²) in [6.07, 6.45) is 4.76. The van der Waals surface area contributed by atoms with E-state index in [0.29, 0.717) is 16.8 Å². The number of pyridine rings is 1. The van der Waals surface area contributed by atoms with Crippen molar-refractivity contribution in [2.75, 3.05) is 23.5 Å². The lowest BCUT2D eigenvalue weighted by Gasteiger charge is -2.24. The van der Waals surface area contributed by atoms with E-state index in [9.17, 15) is 13.6 Å². The number of nitrogen functional groups attached to an aromatic ring is 2. The Morgan fingerprint density at radius 3 is 2.50 bits per heavy atom. The van der Waals surface area contributed by atoms with Crippen molar-refractivity contribution in [3.8, 4) is 5.95 Å². The molecule has 0 bridgehead atoms. The van der Waals surface area contributed by atoms with Gasteiger partial charge in [0.2, 0.25) is 0 Å². The normalized spacial score (nSPS) is 12.7. The van der Waals surface area contributed by atoms with Crippen molar-refractivity contribution in [3.63, 3.8) is 0 Å². The Morgan fingerprint density at radius 1 is 1.02 bits per heavy atom. The van der Waals surface area contributed by atoms with Gasteiger partial charge in [0.15, 0.2) is 11.6 Å². The lowest BCUT2D eigenvalue weighted by atomic mass is 9.90. The number of methoxy groups -OCH3 is 1. The number of amides is 1. The third kappa shape index (κ3) is 5.06. The van der Waals surface area contributed by atoms with Crippen LogP contribution in [0.15, 0.2) is 54.7 Å². The Morgan fingerprint density at radius 2 is 1.76 bits per heavy atom. The molecule has 0 unspecified atom stereocenters. The van der Waals surface area contributed by atoms with Crippen LogP contribution in [0, 0.1) is 11.6 Å². The summed E-state index contributed by atoms with van der Waals surface area (Å²) in [4.78, 5) is 27.2. The molecule has 6 rings (SSSR count). The molecule has 1 aliphatic rings. The summed E-state index contributed by atoms with van der Waals surface area (Å²) in [6.45, 7) is 0.129. The van der Waals surface area contributed by atoms with E-state index in [-0.39, 0.29) is 41.8 Å². The molecule has 0 saturated carbocycles. The Hall–Kier alpha value is -5.13. The highest BCUT2D eigenvalue weighted by Crippen LogP contribution is 2.32. The average Bonchev–Trinajstić information content (AvgIpc) is 3.34. The number of aromatic nitrogens is 5. The number of carbonyl (C=O) groups is 1. The standard InChI is InChI=1S/C30H28F2N8O2/c1-42-30(41)39(16-17-10-11-18-6-2-3-7-19(18)12-17)26-27(33)36-29(37-28(26)34)40-24-14-21(31)15-35-25(24)23(38-40)13-20-8-4-5-9-22(20)32/h4-5,8-12,14-15H,2-3,6-7,13,16H2,1H3,(H4,33,34,36,37). The van der Waals surface area contributed by atoms with Gasteiger partial charge in [-0.25, -0.2) is 18.6 Å². The predicted octanol–water partition coefficient (Wildman–Crippen LogP) is 4.90. The zero-order valence-corrected chi connectivity index (χ0v) is 22.8. The number of halogens is 2. The fourth-order valence-electron chi connectivity index (χ4n) is 5.39. The van der Waals surface area contributed by atoms with Gasteiger partial charge in [0.05, 0.1) is 31.1 Å². The smallest absolute Gasteiger partial charge is 0.414 e. The van der Waals surface area contributed by atoms with Crippen molar-refractivity contribution in [2.45, 2.75) is 38.6 Å². The quantitative estimate of drug-likeness (QED) is 0.294. The molecule has 2 aromatic carbocycles. The van der Waals surface area contributed by atoms with E-state index in [1.165, 1.54) is 40.0 Å². The van der Waals surface area contributed by atoms with Gasteiger partial charge < -0.3 is 16.2 Å². The number of rotatable bonds is 6. The van der Waals surface area contributed by atoms with E-state index in [1.54, 1.807) is 18.2 Å². The number of benzene rings is 2. The largest absolute Gasteiger partial charge is 0.452 e. The Balaban J connectivity index is 1.40. The summed E-state index contributed by atoms with van der Waals surface area (Å²) in [5.41, 5.74) is 17.6. The van der Waals surface area contributed by atoms with Crippen molar-refractivity contribution in [1.29, 1.82) is 0 Å². The second kappa shape index (κ2) is 11.0. The van der Waals surface area contributed by atoms with Crippen molar-refractivity contribution in [3.05, 3.63) is 94.3 Å². The van der Waals surface area contributed by atoms with Crippen LogP contribution in [0.1, 0.15) is 40.8 Å². The molecule has 0 fully saturated rings. The number of nitrogens with two attached hydrogens (primary N) is 2. The monoisotopic (exact) mass is 570 g/mol. The minimum Gasteiger partial charge on any atom is -0.452 e. The van der Waals surface area contributed by atoms with Crippen molar-refractivity contribution in [1.82, 2.24) is 24.7 Å². The van der Waals surface area contributed by atoms with Crippen LogP contribution in [0.25, 0.3) is 17.0 Å². The predicted molar refractivity (Wildman–Crippen MR) is 154 cm³/mol. The zero-order chi connectivity index (χ0) is 29.4. The SMILES string of the molecule is COC(=O)N(Cc1ccc2c(c1)CCCC2)c1c(N)nc(-n2nc(Cc3ccccc3F)c3ncc(F)cc32)nc1N. The second-order valence-corrected chi connectivity index (χ2v) is 10.2. The van der Waals surface area contributed by atoms with Gasteiger partial charge in [0.25, 0.3) is 5.95 Å². The molecule has 0 spiro atoms. The van der Waals surface area contributed by atoms with Crippen LogP contribution in [0.2, 0.25) is 0 Å². The summed E-state index contributed by atoms with van der Waals surface area (Å²) >= 11 is 0. The highest BCUT2D eigenvalue weighted by atomic mass is 19.1. The number of ether oxygens (including phenoxy) is 1. The fourth-order valence-corrected chi connectivity index (χ4v) is 5.39. The first-order valence-corrected chi connectivity index (χ1v) is 13.5. The number of fused-ring (bicyclic) bond motifs is 2. The lowest BCUT2D eigenvalue weighted by molar-refractivity contribution is 0.178. The second-order valence-electron chi connectivity index (χ2n) is 10.2. The molecule has 3 aromatic heterocycles. The highest BCUT2D eigenvalue weighted by Gasteiger charge is 2.26. The van der Waals surface area contributed by atoms with Crippen LogP contribution in [0.4, 0.5) is 30.9 Å². The number of carbonyl (C=O) groups excluding carboxylic acids is 1. The number of aryl methyl sites for hydroxylation is 2. The molecule has 12 heteroatoms. The molecule has 1 aliphatic carbocycles. The van der Waals surface area contributed by atoms with E-state index < -0.39 is 17.7 Å². The minimum atomic E-state index is -0.689. The molecule has 3 heterocycles. The molecule has 0 atom stereocenters. The molecule has 1 amide bonds. The fraction of sp³-hybridized carbons (Fsp3) is 0.233. The Labute approximate surface area is 240 Å². The van der Waals surface area contributed by atoms with Crippen molar-refractivity contribution >= 4 is 34.4 Å². The first-order valence-electron chi connectivity index (χ1n) is 13.5. The van der Waals surface area contributed by atoms with Gasteiger partial charge in [-0.05, 0) is 54.0 Å². The summed E-state index contributed by atoms with van der Waals surface area (Å²) in [6, 6.07) is 13.6. The molecule has 10 nitrogen and oxygen atoms in total. The van der Waals surface area contributed by atoms with Crippen LogP contribution in [0.5, 0.6) is 0 Å². The lowest BCUT2D eigenvalue weighted by Crippen LogP contribution is -2.32. The molecular formula is C30H28F2N8O2. The van der Waals surface area contributed by atoms with Gasteiger partial charge in [0.1, 0.15) is 22.8 Å². The summed E-state index contributed by atoms with van der Waals surface area (Å²) in [5, 5.41) is 4.53. The molecule has 214 valence electrons. The molecule has 5 aromatic rings. The molecule has 42 heavy (non-hydrogen) atoms. The van der Waals surface area contributed by atoms with Crippen LogP contribution in [-0.2, 0) is 30.5 Å². The van der Waals surface area contributed by atoms with Gasteiger partial charge >= 0.3 is 6.09 Å². The van der Waals surface area contributed by atoms with Crippen molar-refractivity contribution in [2.24, 2.45) is 0 Å². The van der Waals surface area contributed by atoms with E-state index in [4.69, 9.17) is 16.2 Å². The first-order chi connectivity index (χ1) is 20.3. The number of anilines is 3. The van der Waals surface area contributed by atoms with Crippen LogP contribution >= 0.6 is 0 Å². The van der Waals surface area contributed by atoms with Crippen LogP contribution in [0.3, 0.4) is 0 Å². The zero-order valence-electron chi connectivity index (χ0n) is 22.8. The third-order valence-electron chi connectivity index (χ3n) is 7.41. The van der Waals surface area contributed by atoms with Crippen LogP contribution in [-0.4, -0.2) is 37.9 Å². The van der Waals surface area contributed by atoms with Gasteiger partial charge in [-0.1, -0.05) is 36.4 Å². The highest BCUT2D eigenvalue weighted by molar-refractivity contribution is 5.95. The number of hydrogen-bond donors (Lipinski definition) is 2. The van der Waals surface area contributed by atoms with Gasteiger partial charge in [-0.2, -0.15) is 19.7 Å². The summed E-state index contributed by atoms with van der Waals surface area (Å²) in [7, 11) is 1.26. The Kier molecular flexibility index (Phi) is 7.11. The van der Waals surface area contributed by atoms with Gasteiger partial charge in [0, 0.05) is 12.5 Å². The van der Waals surface area contributed by atoms with Crippen LogP contribution < -0.4 is 16.4 Å². The first kappa shape index (κ1) is 27.1. The molecular weight excluding hydrogens is 542 g/mol. The average molecular weight is 571 g/mol. The van der Waals surface area contributed by atoms with E-state index in [2.05, 4.69) is 32.2 Å². The molecule has 0 aliphatic heterocycles. The van der Waals surface area contributed by atoms with E-state index in [0.717, 1.165) is 37.4 Å². The molecule has 4 N–H and O–H groups in total. The van der Waals surface area contributed by atoms with Crippen molar-refractivity contribution < 1.29 is 18.3 Å². The van der Waals surface area contributed by atoms with E-state index in [1.807, 2.05) is 6.07 Å². The summed E-state index contributed by atoms with van der Waals surface area (Å²) < 4.78 is 35.0. The summed E-state index contributed by atoms with van der Waals surface area (Å²) in [5.74, 6) is -1.29.